The van der Waals surface area contributed by atoms with Gasteiger partial charge in [-0.25, -0.2) is 0 Å². The van der Waals surface area contributed by atoms with Gasteiger partial charge in [-0.05, 0) is 29.8 Å². The van der Waals surface area contributed by atoms with Crippen molar-refractivity contribution >= 4 is 27.8 Å². The zero-order valence-corrected chi connectivity index (χ0v) is 13.1. The summed E-state index contributed by atoms with van der Waals surface area (Å²) in [7, 11) is 0. The van der Waals surface area contributed by atoms with E-state index >= 15 is 0 Å². The van der Waals surface area contributed by atoms with Gasteiger partial charge in [0.2, 0.25) is 11.8 Å². The number of nitrogens with one attached hydrogen (secondary N) is 1. The molecule has 1 atom stereocenters. The Labute approximate surface area is 130 Å². The lowest BCUT2D eigenvalue weighted by Gasteiger charge is -2.24. The summed E-state index contributed by atoms with van der Waals surface area (Å²) >= 11 is 3.34. The smallest absolute Gasteiger partial charge is 0.260 e. The van der Waals surface area contributed by atoms with Crippen molar-refractivity contribution in [2.75, 3.05) is 12.3 Å². The summed E-state index contributed by atoms with van der Waals surface area (Å²) in [5.74, 6) is 0.169. The fraction of sp³-hybridized carbons (Fsp3) is 0.308. The maximum absolute atomic E-state index is 12.2. The molecule has 1 amide bonds. The van der Waals surface area contributed by atoms with Gasteiger partial charge in [0.1, 0.15) is 5.54 Å². The van der Waals surface area contributed by atoms with Crippen LogP contribution in [0.1, 0.15) is 18.4 Å². The number of halogens is 1. The normalized spacial score (nSPS) is 13.7. The first-order valence-corrected chi connectivity index (χ1v) is 7.10. The lowest BCUT2D eigenvalue weighted by molar-refractivity contribution is -0.126. The van der Waals surface area contributed by atoms with Crippen LogP contribution in [-0.2, 0) is 16.8 Å². The molecule has 0 fully saturated rings. The second-order valence-corrected chi connectivity index (χ2v) is 5.68. The first kappa shape index (κ1) is 15.5. The van der Waals surface area contributed by atoms with Gasteiger partial charge in [-0.1, -0.05) is 28.1 Å². The zero-order valence-electron chi connectivity index (χ0n) is 11.5. The SMILES string of the molecule is CC(N)(C(=O)NCCc1nc(N)no1)c1ccc(Br)cc1. The lowest BCUT2D eigenvalue weighted by atomic mass is 9.92. The summed E-state index contributed by atoms with van der Waals surface area (Å²) in [6.07, 6.45) is 0.395. The van der Waals surface area contributed by atoms with Gasteiger partial charge in [0.05, 0.1) is 0 Å². The lowest BCUT2D eigenvalue weighted by Crippen LogP contribution is -2.49. The Kier molecular flexibility index (Phi) is 4.59. The van der Waals surface area contributed by atoms with Crippen molar-refractivity contribution in [1.29, 1.82) is 0 Å². The molecule has 8 heteroatoms. The van der Waals surface area contributed by atoms with Crippen LogP contribution in [0.5, 0.6) is 0 Å². The highest BCUT2D eigenvalue weighted by molar-refractivity contribution is 9.10. The van der Waals surface area contributed by atoms with E-state index in [0.717, 1.165) is 10.0 Å². The van der Waals surface area contributed by atoms with Crippen LogP contribution >= 0.6 is 15.9 Å². The predicted octanol–water partition coefficient (Wildman–Crippen LogP) is 0.947. The van der Waals surface area contributed by atoms with E-state index in [4.69, 9.17) is 16.0 Å². The minimum atomic E-state index is -1.12. The molecule has 0 radical (unpaired) electrons. The number of hydrogen-bond donors (Lipinski definition) is 3. The van der Waals surface area contributed by atoms with Gasteiger partial charge in [0.25, 0.3) is 5.95 Å². The van der Waals surface area contributed by atoms with Crippen LogP contribution in [0.2, 0.25) is 0 Å². The van der Waals surface area contributed by atoms with Gasteiger partial charge in [-0.15, -0.1) is 0 Å². The molecule has 2 rings (SSSR count). The van der Waals surface area contributed by atoms with Crippen LogP contribution in [0.25, 0.3) is 0 Å². The first-order valence-electron chi connectivity index (χ1n) is 6.31. The predicted molar refractivity (Wildman–Crippen MR) is 81.1 cm³/mol. The third kappa shape index (κ3) is 3.79. The molecule has 1 unspecified atom stereocenters. The number of hydrogen-bond acceptors (Lipinski definition) is 6. The van der Waals surface area contributed by atoms with Crippen LogP contribution in [0.4, 0.5) is 5.95 Å². The molecule has 0 saturated heterocycles. The number of nitrogen functional groups attached to an aromatic ring is 1. The number of nitrogens with two attached hydrogens (primary N) is 2. The van der Waals surface area contributed by atoms with E-state index in [-0.39, 0.29) is 11.9 Å². The highest BCUT2D eigenvalue weighted by atomic mass is 79.9. The highest BCUT2D eigenvalue weighted by Crippen LogP contribution is 2.20. The molecule has 1 aromatic carbocycles. The maximum atomic E-state index is 12.2. The quantitative estimate of drug-likeness (QED) is 0.735. The van der Waals surface area contributed by atoms with Gasteiger partial charge >= 0.3 is 0 Å². The van der Waals surface area contributed by atoms with E-state index < -0.39 is 5.54 Å². The van der Waals surface area contributed by atoms with Gasteiger partial charge in [0, 0.05) is 17.4 Å². The van der Waals surface area contributed by atoms with Crippen LogP contribution in [0.15, 0.2) is 33.3 Å². The number of nitrogens with zero attached hydrogens (tertiary/aromatic N) is 2. The summed E-state index contributed by atoms with van der Waals surface area (Å²) in [5.41, 5.74) is 11.1. The molecule has 0 aliphatic carbocycles. The van der Waals surface area contributed by atoms with Gasteiger partial charge in [-0.2, -0.15) is 4.98 Å². The maximum Gasteiger partial charge on any atom is 0.260 e. The Hall–Kier alpha value is -1.93. The summed E-state index contributed by atoms with van der Waals surface area (Å²) in [6.45, 7) is 2.00. The average molecular weight is 354 g/mol. The third-order valence-corrected chi connectivity index (χ3v) is 3.55. The van der Waals surface area contributed by atoms with Crippen molar-refractivity contribution in [3.8, 4) is 0 Å². The van der Waals surface area contributed by atoms with Crippen molar-refractivity contribution in [2.24, 2.45) is 5.73 Å². The van der Waals surface area contributed by atoms with Crippen LogP contribution < -0.4 is 16.8 Å². The van der Waals surface area contributed by atoms with Gasteiger partial charge < -0.3 is 21.3 Å². The van der Waals surface area contributed by atoms with E-state index in [0.29, 0.717) is 18.9 Å². The largest absolute Gasteiger partial charge is 0.365 e. The van der Waals surface area contributed by atoms with Crippen LogP contribution in [0, 0.1) is 0 Å². The number of carbonyl (C=O) groups excluding carboxylic acids is 1. The van der Waals surface area contributed by atoms with E-state index in [1.54, 1.807) is 6.92 Å². The zero-order chi connectivity index (χ0) is 15.5. The molecule has 1 heterocycles. The highest BCUT2D eigenvalue weighted by Gasteiger charge is 2.30. The molecule has 2 aromatic rings. The van der Waals surface area contributed by atoms with E-state index in [2.05, 4.69) is 31.4 Å². The standard InChI is InChI=1S/C13H16BrN5O2/c1-13(16,8-2-4-9(14)5-3-8)11(20)17-7-6-10-18-12(15)19-21-10/h2-5H,6-7,16H2,1H3,(H2,15,19)(H,17,20). The van der Waals surface area contributed by atoms with Crippen LogP contribution in [0.3, 0.4) is 0 Å². The van der Waals surface area contributed by atoms with Crippen LogP contribution in [-0.4, -0.2) is 22.6 Å². The van der Waals surface area contributed by atoms with E-state index in [9.17, 15) is 4.79 Å². The van der Waals surface area contributed by atoms with Crippen molar-refractivity contribution in [3.63, 3.8) is 0 Å². The molecule has 5 N–H and O–H groups in total. The third-order valence-electron chi connectivity index (χ3n) is 3.02. The fourth-order valence-electron chi connectivity index (χ4n) is 1.76. The molecule has 112 valence electrons. The molecule has 0 aliphatic rings. The molecule has 0 bridgehead atoms. The number of carbonyl (C=O) groups is 1. The molecular weight excluding hydrogens is 338 g/mol. The Morgan fingerprint density at radius 3 is 2.67 bits per heavy atom. The van der Waals surface area contributed by atoms with E-state index in [1.165, 1.54) is 0 Å². The summed E-state index contributed by atoms with van der Waals surface area (Å²) in [4.78, 5) is 16.1. The Morgan fingerprint density at radius 2 is 2.10 bits per heavy atom. The van der Waals surface area contributed by atoms with Gasteiger partial charge in [0.15, 0.2) is 0 Å². The first-order chi connectivity index (χ1) is 9.89. The van der Waals surface area contributed by atoms with E-state index in [1.807, 2.05) is 24.3 Å². The number of aromatic nitrogens is 2. The van der Waals surface area contributed by atoms with Gasteiger partial charge in [-0.3, -0.25) is 4.79 Å². The van der Waals surface area contributed by atoms with Crippen molar-refractivity contribution in [3.05, 3.63) is 40.2 Å². The number of amides is 1. The van der Waals surface area contributed by atoms with Crippen molar-refractivity contribution < 1.29 is 9.32 Å². The molecule has 0 aliphatic heterocycles. The second kappa shape index (κ2) is 6.23. The minimum absolute atomic E-state index is 0.0786. The van der Waals surface area contributed by atoms with Crippen molar-refractivity contribution in [1.82, 2.24) is 15.5 Å². The average Bonchev–Trinajstić information content (AvgIpc) is 2.85. The van der Waals surface area contributed by atoms with Crippen molar-refractivity contribution in [2.45, 2.75) is 18.9 Å². The fourth-order valence-corrected chi connectivity index (χ4v) is 2.03. The number of benzene rings is 1. The number of rotatable bonds is 5. The molecule has 21 heavy (non-hydrogen) atoms. The summed E-state index contributed by atoms with van der Waals surface area (Å²) < 4.78 is 5.78. The molecule has 1 aromatic heterocycles. The molecule has 7 nitrogen and oxygen atoms in total. The topological polar surface area (TPSA) is 120 Å². The Morgan fingerprint density at radius 1 is 1.43 bits per heavy atom. The second-order valence-electron chi connectivity index (χ2n) is 4.76. The Balaban J connectivity index is 1.93. The summed E-state index contributed by atoms with van der Waals surface area (Å²) in [5, 5.41) is 6.22. The minimum Gasteiger partial charge on any atom is -0.365 e. The summed E-state index contributed by atoms with van der Waals surface area (Å²) in [6, 6.07) is 7.30. The molecule has 0 saturated carbocycles. The number of anilines is 1. The Bertz CT molecular complexity index is 624. The molecule has 0 spiro atoms. The monoisotopic (exact) mass is 353 g/mol. The molecular formula is C13H16BrN5O2.